The number of anilines is 2. The molecule has 0 heterocycles. The molecule has 1 aliphatic carbocycles. The summed E-state index contributed by atoms with van der Waals surface area (Å²) in [7, 11) is -9.48. The summed E-state index contributed by atoms with van der Waals surface area (Å²) in [5.74, 6) is -1.29. The number of fused-ring (bicyclic) bond motifs is 1. The molecule has 0 fully saturated rings. The number of amides is 1. The minimum Gasteiger partial charge on any atom is -0.488 e. The average Bonchev–Trinajstić information content (AvgIpc) is 3.15. The summed E-state index contributed by atoms with van der Waals surface area (Å²) in [4.78, 5) is 24.0. The van der Waals surface area contributed by atoms with Crippen LogP contribution in [0.15, 0.2) is 79.7 Å². The number of hydrogen-bond donors (Lipinski definition) is 7. The number of hydrogen-bond acceptors (Lipinski definition) is 17. The molecule has 20 nitrogen and oxygen atoms in total. The molecule has 2 atom stereocenters. The van der Waals surface area contributed by atoms with Gasteiger partial charge in [0.25, 0.3) is 20.2 Å². The quantitative estimate of drug-likeness (QED) is 0.0351. The highest BCUT2D eigenvalue weighted by Gasteiger charge is 2.33. The first-order valence-electron chi connectivity index (χ1n) is 16.9. The van der Waals surface area contributed by atoms with E-state index in [1.54, 1.807) is 6.92 Å². The van der Waals surface area contributed by atoms with E-state index >= 15 is 0 Å². The summed E-state index contributed by atoms with van der Waals surface area (Å²) in [6, 6.07) is 11.9. The molecule has 22 heteroatoms. The SMILES string of the molecule is CC(=O)Nc1ccc2c(c1)C=C(S(=O)(=O)O)/C(=N\Nc1cc(C)c(/N=N/c3ccc(S(=O)(=O)O)cc3)cc1OCC(COCCO)OC(CO)COCCO)C2=O. The third-order valence-electron chi connectivity index (χ3n) is 7.72. The number of ether oxygens (including phenoxy) is 4. The summed E-state index contributed by atoms with van der Waals surface area (Å²) < 4.78 is 90.0. The first-order chi connectivity index (χ1) is 27.0. The number of Topliss-reactive ketones (excluding diaryl/α,β-unsaturated/α-hetero) is 1. The second-order valence-corrected chi connectivity index (χ2v) is 15.0. The number of hydrazone groups is 1. The van der Waals surface area contributed by atoms with E-state index in [4.69, 9.17) is 24.1 Å². The summed E-state index contributed by atoms with van der Waals surface area (Å²) in [5.41, 5.74) is 3.29. The van der Waals surface area contributed by atoms with E-state index in [2.05, 4.69) is 26.1 Å². The van der Waals surface area contributed by atoms with Crippen molar-refractivity contribution in [1.29, 1.82) is 0 Å². The molecule has 0 aliphatic heterocycles. The van der Waals surface area contributed by atoms with Gasteiger partial charge in [0.15, 0.2) is 5.71 Å². The zero-order chi connectivity index (χ0) is 41.8. The van der Waals surface area contributed by atoms with Crippen molar-refractivity contribution < 1.29 is 69.8 Å². The second kappa shape index (κ2) is 20.4. The fourth-order valence-electron chi connectivity index (χ4n) is 5.10. The molecule has 3 aromatic carbocycles. The minimum absolute atomic E-state index is 0.00514. The Balaban J connectivity index is 1.73. The van der Waals surface area contributed by atoms with Crippen molar-refractivity contribution in [3.8, 4) is 5.75 Å². The smallest absolute Gasteiger partial charge is 0.296 e. The van der Waals surface area contributed by atoms with Gasteiger partial charge in [-0.3, -0.25) is 24.1 Å². The second-order valence-electron chi connectivity index (χ2n) is 12.1. The Kier molecular flexibility index (Phi) is 16.0. The minimum atomic E-state index is -5.03. The number of azo groups is 1. The lowest BCUT2D eigenvalue weighted by Gasteiger charge is -2.24. The highest BCUT2D eigenvalue weighted by molar-refractivity contribution is 7.91. The lowest BCUT2D eigenvalue weighted by molar-refractivity contribution is -0.115. The molecule has 1 amide bonds. The van der Waals surface area contributed by atoms with Crippen LogP contribution in [0.4, 0.5) is 22.7 Å². The number of ketones is 1. The molecule has 4 rings (SSSR count). The van der Waals surface area contributed by atoms with Crippen molar-refractivity contribution >= 4 is 66.5 Å². The van der Waals surface area contributed by atoms with Gasteiger partial charge in [0, 0.05) is 24.2 Å². The van der Waals surface area contributed by atoms with Crippen LogP contribution in [0.25, 0.3) is 6.08 Å². The maximum atomic E-state index is 13.6. The van der Waals surface area contributed by atoms with Crippen molar-refractivity contribution in [2.75, 3.05) is 63.6 Å². The number of carbonyl (C=O) groups is 2. The van der Waals surface area contributed by atoms with Gasteiger partial charge in [-0.15, -0.1) is 0 Å². The Morgan fingerprint density at radius 2 is 1.51 bits per heavy atom. The number of benzene rings is 3. The van der Waals surface area contributed by atoms with Gasteiger partial charge in [0.05, 0.1) is 68.2 Å². The molecule has 308 valence electrons. The third kappa shape index (κ3) is 13.0. The molecule has 1 aliphatic rings. The van der Waals surface area contributed by atoms with E-state index in [-0.39, 0.29) is 90.8 Å². The summed E-state index contributed by atoms with van der Waals surface area (Å²) >= 11 is 0. The molecule has 0 bridgehead atoms. The number of nitrogens with one attached hydrogen (secondary N) is 2. The average molecular weight is 836 g/mol. The number of nitrogens with zero attached hydrogens (tertiary/aromatic N) is 3. The van der Waals surface area contributed by atoms with Crippen LogP contribution in [-0.2, 0) is 39.2 Å². The fourth-order valence-corrected chi connectivity index (χ4v) is 6.24. The molecule has 0 saturated heterocycles. The standard InChI is InChI=1S/C35H41N5O15S2/c1-21-13-31(39-40-34-33(57(49,50)51)15-23-14-25(36-22(2)44)5-8-29(23)35(34)45)32(16-30(21)38-37-24-3-6-28(7-4-24)56(46,47)48)54-20-27(19-53-12-10-42)55-26(17-43)18-52-11-9-41/h3-8,13-16,26-27,39,41-43H,9-12,17-20H2,1-2H3,(H,36,44)(H,46,47,48)(H,49,50,51)/b38-37+,40-34+. The van der Waals surface area contributed by atoms with E-state index in [0.29, 0.717) is 5.56 Å². The van der Waals surface area contributed by atoms with Gasteiger partial charge in [0.2, 0.25) is 11.7 Å². The fraction of sp³-hybridized carbons (Fsp3) is 0.343. The van der Waals surface area contributed by atoms with Crippen LogP contribution in [0.5, 0.6) is 5.75 Å². The van der Waals surface area contributed by atoms with Gasteiger partial charge >= 0.3 is 0 Å². The Morgan fingerprint density at radius 3 is 2.11 bits per heavy atom. The van der Waals surface area contributed by atoms with Gasteiger partial charge in [-0.1, -0.05) is 0 Å². The topological polar surface area (TPSA) is 302 Å². The van der Waals surface area contributed by atoms with E-state index in [0.717, 1.165) is 18.2 Å². The van der Waals surface area contributed by atoms with Crippen molar-refractivity contribution in [3.05, 3.63) is 76.2 Å². The van der Waals surface area contributed by atoms with Crippen LogP contribution in [0.2, 0.25) is 0 Å². The number of aryl methyl sites for hydroxylation is 1. The molecule has 0 aromatic heterocycles. The summed E-state index contributed by atoms with van der Waals surface area (Å²) in [6.07, 6.45) is -0.740. The van der Waals surface area contributed by atoms with Gasteiger partial charge in [-0.2, -0.15) is 32.2 Å². The van der Waals surface area contributed by atoms with Crippen LogP contribution in [-0.4, -0.2) is 124 Å². The van der Waals surface area contributed by atoms with Gasteiger partial charge < -0.3 is 39.6 Å². The van der Waals surface area contributed by atoms with Crippen molar-refractivity contribution in [2.24, 2.45) is 15.3 Å². The number of aliphatic hydroxyl groups excluding tert-OH is 3. The molecule has 0 spiro atoms. The van der Waals surface area contributed by atoms with Crippen LogP contribution < -0.4 is 15.5 Å². The Hall–Kier alpha value is -5.01. The zero-order valence-corrected chi connectivity index (χ0v) is 32.2. The van der Waals surface area contributed by atoms with E-state index in [1.165, 1.54) is 49.4 Å². The highest BCUT2D eigenvalue weighted by Crippen LogP contribution is 2.35. The lowest BCUT2D eigenvalue weighted by Crippen LogP contribution is -2.36. The van der Waals surface area contributed by atoms with E-state index in [1.807, 2.05) is 0 Å². The molecule has 7 N–H and O–H groups in total. The molecule has 3 aromatic rings. The maximum absolute atomic E-state index is 13.6. The highest BCUT2D eigenvalue weighted by atomic mass is 32.2. The van der Waals surface area contributed by atoms with Crippen LogP contribution >= 0.6 is 0 Å². The monoisotopic (exact) mass is 835 g/mol. The predicted octanol–water partition coefficient (Wildman–Crippen LogP) is 2.65. The number of carbonyl (C=O) groups excluding carboxylic acids is 2. The van der Waals surface area contributed by atoms with Crippen molar-refractivity contribution in [1.82, 2.24) is 0 Å². The molecule has 0 saturated carbocycles. The lowest BCUT2D eigenvalue weighted by atomic mass is 9.94. The van der Waals surface area contributed by atoms with E-state index < -0.39 is 61.4 Å². The zero-order valence-electron chi connectivity index (χ0n) is 30.6. The first-order valence-corrected chi connectivity index (χ1v) is 19.8. The number of rotatable bonds is 21. The number of allylic oxidation sites excluding steroid dienone is 1. The predicted molar refractivity (Wildman–Crippen MR) is 204 cm³/mol. The Morgan fingerprint density at radius 1 is 0.842 bits per heavy atom. The van der Waals surface area contributed by atoms with Gasteiger partial charge in [-0.25, -0.2) is 0 Å². The first kappa shape index (κ1) is 44.7. The molecular weight excluding hydrogens is 795 g/mol. The summed E-state index contributed by atoms with van der Waals surface area (Å²) in [6.45, 7) is 1.32. The van der Waals surface area contributed by atoms with Crippen LogP contribution in [0.1, 0.15) is 28.4 Å². The van der Waals surface area contributed by atoms with Crippen LogP contribution in [0, 0.1) is 6.92 Å². The molecular formula is C35H41N5O15S2. The van der Waals surface area contributed by atoms with Crippen molar-refractivity contribution in [2.45, 2.75) is 31.0 Å². The molecule has 0 radical (unpaired) electrons. The van der Waals surface area contributed by atoms with E-state index in [9.17, 15) is 45.7 Å². The number of aliphatic hydroxyl groups is 3. The van der Waals surface area contributed by atoms with Crippen LogP contribution in [0.3, 0.4) is 0 Å². The van der Waals surface area contributed by atoms with Gasteiger partial charge in [-0.05, 0) is 72.7 Å². The Labute approximate surface area is 327 Å². The van der Waals surface area contributed by atoms with Gasteiger partial charge in [0.1, 0.15) is 29.5 Å². The maximum Gasteiger partial charge on any atom is 0.296 e. The normalized spacial score (nSPS) is 15.0. The largest absolute Gasteiger partial charge is 0.488 e. The third-order valence-corrected chi connectivity index (χ3v) is 9.45. The van der Waals surface area contributed by atoms with Crippen molar-refractivity contribution in [3.63, 3.8) is 0 Å². The summed E-state index contributed by atoms with van der Waals surface area (Å²) in [5, 5.41) is 43.1. The molecule has 2 unspecified atom stereocenters. The Bertz CT molecular complexity index is 2230. The molecule has 57 heavy (non-hydrogen) atoms.